The third-order valence-electron chi connectivity index (χ3n) is 3.70. The zero-order valence-electron chi connectivity index (χ0n) is 12.1. The molecule has 1 aliphatic heterocycles. The van der Waals surface area contributed by atoms with Crippen LogP contribution in [-0.4, -0.2) is 47.5 Å². The average Bonchev–Trinajstić information content (AvgIpc) is 2.84. The van der Waals surface area contributed by atoms with Crippen LogP contribution in [0.15, 0.2) is 10.6 Å². The molecule has 1 aromatic rings. The van der Waals surface area contributed by atoms with Crippen LogP contribution in [0.4, 0.5) is 0 Å². The Bertz CT molecular complexity index is 495. The molecule has 1 aliphatic rings. The van der Waals surface area contributed by atoms with Gasteiger partial charge in [0, 0.05) is 19.0 Å². The Morgan fingerprint density at radius 2 is 2.30 bits per heavy atom. The van der Waals surface area contributed by atoms with Crippen LogP contribution in [0.25, 0.3) is 0 Å². The molecule has 0 atom stereocenters. The minimum absolute atomic E-state index is 0.0991. The number of carbonyl (C=O) groups excluding carboxylic acids is 1. The Labute approximate surface area is 119 Å². The maximum Gasteiger partial charge on any atom is 0.225 e. The van der Waals surface area contributed by atoms with Gasteiger partial charge in [-0.05, 0) is 32.9 Å². The van der Waals surface area contributed by atoms with Gasteiger partial charge in [-0.2, -0.15) is 0 Å². The number of nitrogens with zero attached hydrogens (tertiary/aromatic N) is 3. The number of hydrogen-bond donors (Lipinski definition) is 0. The quantitative estimate of drug-likeness (QED) is 0.777. The van der Waals surface area contributed by atoms with Crippen LogP contribution >= 0.6 is 0 Å². The lowest BCUT2D eigenvalue weighted by Crippen LogP contribution is -2.41. The third-order valence-corrected chi connectivity index (χ3v) is 3.70. The highest BCUT2D eigenvalue weighted by Gasteiger charge is 2.27. The standard InChI is InChI=1S/C15H21N3O2/c1-4-7-18-8-5-13(6-9-18)15(19)17(3)11-14-10-12(2)20-16-14/h1,10,13H,5-9,11H2,2-3H3. The fourth-order valence-corrected chi connectivity index (χ4v) is 2.59. The normalized spacial score (nSPS) is 16.9. The molecule has 0 radical (unpaired) electrons. The molecule has 0 bridgehead atoms. The first kappa shape index (κ1) is 14.6. The molecule has 5 heteroatoms. The van der Waals surface area contributed by atoms with Gasteiger partial charge in [-0.25, -0.2) is 0 Å². The van der Waals surface area contributed by atoms with Crippen molar-refractivity contribution in [3.05, 3.63) is 17.5 Å². The zero-order valence-corrected chi connectivity index (χ0v) is 12.1. The van der Waals surface area contributed by atoms with Crippen molar-refractivity contribution < 1.29 is 9.32 Å². The van der Waals surface area contributed by atoms with Crippen LogP contribution in [0.1, 0.15) is 24.3 Å². The number of carbonyl (C=O) groups is 1. The van der Waals surface area contributed by atoms with Crippen molar-refractivity contribution >= 4 is 5.91 Å². The van der Waals surface area contributed by atoms with Gasteiger partial charge in [0.2, 0.25) is 5.91 Å². The molecule has 0 unspecified atom stereocenters. The average molecular weight is 275 g/mol. The molecule has 1 aromatic heterocycles. The second-order valence-corrected chi connectivity index (χ2v) is 5.38. The molecule has 108 valence electrons. The van der Waals surface area contributed by atoms with Crippen molar-refractivity contribution in [1.29, 1.82) is 0 Å². The van der Waals surface area contributed by atoms with Gasteiger partial charge in [0.25, 0.3) is 0 Å². The second kappa shape index (κ2) is 6.58. The predicted molar refractivity (Wildman–Crippen MR) is 75.7 cm³/mol. The number of aromatic nitrogens is 1. The minimum atomic E-state index is 0.0991. The Balaban J connectivity index is 1.84. The number of amides is 1. The molecule has 0 saturated carbocycles. The third kappa shape index (κ3) is 3.61. The molecule has 1 amide bonds. The topological polar surface area (TPSA) is 49.6 Å². The summed E-state index contributed by atoms with van der Waals surface area (Å²) in [6.07, 6.45) is 7.06. The summed E-state index contributed by atoms with van der Waals surface area (Å²) < 4.78 is 5.02. The number of rotatable bonds is 4. The molecular weight excluding hydrogens is 254 g/mol. The van der Waals surface area contributed by atoms with E-state index in [2.05, 4.69) is 16.0 Å². The van der Waals surface area contributed by atoms with Crippen LogP contribution in [0, 0.1) is 25.2 Å². The van der Waals surface area contributed by atoms with E-state index in [1.165, 1.54) is 0 Å². The summed E-state index contributed by atoms with van der Waals surface area (Å²) in [4.78, 5) is 16.3. The molecule has 1 fully saturated rings. The van der Waals surface area contributed by atoms with Gasteiger partial charge in [0.15, 0.2) is 0 Å². The fraction of sp³-hybridized carbons (Fsp3) is 0.600. The van der Waals surface area contributed by atoms with Crippen LogP contribution in [0.2, 0.25) is 0 Å². The highest BCUT2D eigenvalue weighted by Crippen LogP contribution is 2.19. The van der Waals surface area contributed by atoms with E-state index in [0.717, 1.165) is 37.4 Å². The van der Waals surface area contributed by atoms with E-state index in [1.807, 2.05) is 20.0 Å². The molecule has 0 aliphatic carbocycles. The summed E-state index contributed by atoms with van der Waals surface area (Å²) in [5.74, 6) is 3.70. The zero-order chi connectivity index (χ0) is 14.5. The van der Waals surface area contributed by atoms with Crippen molar-refractivity contribution in [2.24, 2.45) is 5.92 Å². The van der Waals surface area contributed by atoms with Crippen LogP contribution in [-0.2, 0) is 11.3 Å². The van der Waals surface area contributed by atoms with E-state index in [1.54, 1.807) is 4.90 Å². The molecule has 0 spiro atoms. The van der Waals surface area contributed by atoms with Gasteiger partial charge >= 0.3 is 0 Å². The first-order chi connectivity index (χ1) is 9.60. The molecule has 0 N–H and O–H groups in total. The maximum absolute atomic E-state index is 12.4. The summed E-state index contributed by atoms with van der Waals surface area (Å²) in [6, 6.07) is 1.86. The lowest BCUT2D eigenvalue weighted by molar-refractivity contribution is -0.136. The lowest BCUT2D eigenvalue weighted by atomic mass is 9.95. The predicted octanol–water partition coefficient (Wildman–Crippen LogP) is 1.29. The molecule has 20 heavy (non-hydrogen) atoms. The summed E-state index contributed by atoms with van der Waals surface area (Å²) in [7, 11) is 1.82. The Hall–Kier alpha value is -1.80. The highest BCUT2D eigenvalue weighted by molar-refractivity contribution is 5.78. The molecule has 0 aromatic carbocycles. The van der Waals surface area contributed by atoms with Crippen molar-refractivity contribution in [1.82, 2.24) is 15.0 Å². The summed E-state index contributed by atoms with van der Waals surface area (Å²) in [5, 5.41) is 3.92. The van der Waals surface area contributed by atoms with E-state index in [-0.39, 0.29) is 11.8 Å². The number of piperidine rings is 1. The summed E-state index contributed by atoms with van der Waals surface area (Å²) >= 11 is 0. The Kier molecular flexibility index (Phi) is 4.80. The van der Waals surface area contributed by atoms with Crippen LogP contribution in [0.5, 0.6) is 0 Å². The molecule has 2 rings (SSSR count). The van der Waals surface area contributed by atoms with Gasteiger partial charge in [-0.15, -0.1) is 6.42 Å². The number of aryl methyl sites for hydroxylation is 1. The SMILES string of the molecule is C#CCN1CCC(C(=O)N(C)Cc2cc(C)on2)CC1. The molecule has 2 heterocycles. The fourth-order valence-electron chi connectivity index (χ4n) is 2.59. The Morgan fingerprint density at radius 3 is 2.85 bits per heavy atom. The van der Waals surface area contributed by atoms with Gasteiger partial charge < -0.3 is 9.42 Å². The summed E-state index contributed by atoms with van der Waals surface area (Å²) in [5.41, 5.74) is 0.795. The van der Waals surface area contributed by atoms with Gasteiger partial charge in [0.1, 0.15) is 11.5 Å². The van der Waals surface area contributed by atoms with E-state index >= 15 is 0 Å². The van der Waals surface area contributed by atoms with E-state index < -0.39 is 0 Å². The van der Waals surface area contributed by atoms with E-state index in [9.17, 15) is 4.79 Å². The maximum atomic E-state index is 12.4. The number of hydrogen-bond acceptors (Lipinski definition) is 4. The highest BCUT2D eigenvalue weighted by atomic mass is 16.5. The van der Waals surface area contributed by atoms with E-state index in [4.69, 9.17) is 10.9 Å². The van der Waals surface area contributed by atoms with Gasteiger partial charge in [-0.3, -0.25) is 9.69 Å². The first-order valence-electron chi connectivity index (χ1n) is 6.93. The largest absolute Gasteiger partial charge is 0.361 e. The Morgan fingerprint density at radius 1 is 1.60 bits per heavy atom. The number of likely N-dealkylation sites (tertiary alicyclic amines) is 1. The molecule has 5 nitrogen and oxygen atoms in total. The molecule has 1 saturated heterocycles. The lowest BCUT2D eigenvalue weighted by Gasteiger charge is -2.31. The second-order valence-electron chi connectivity index (χ2n) is 5.38. The van der Waals surface area contributed by atoms with Crippen molar-refractivity contribution in [3.8, 4) is 12.3 Å². The van der Waals surface area contributed by atoms with Crippen LogP contribution in [0.3, 0.4) is 0 Å². The monoisotopic (exact) mass is 275 g/mol. The van der Waals surface area contributed by atoms with E-state index in [0.29, 0.717) is 13.1 Å². The van der Waals surface area contributed by atoms with Crippen LogP contribution < -0.4 is 0 Å². The minimum Gasteiger partial charge on any atom is -0.361 e. The van der Waals surface area contributed by atoms with Gasteiger partial charge in [-0.1, -0.05) is 11.1 Å². The first-order valence-corrected chi connectivity index (χ1v) is 6.93. The smallest absolute Gasteiger partial charge is 0.225 e. The van der Waals surface area contributed by atoms with Crippen molar-refractivity contribution in [3.63, 3.8) is 0 Å². The molecular formula is C15H21N3O2. The van der Waals surface area contributed by atoms with Crippen molar-refractivity contribution in [2.45, 2.75) is 26.3 Å². The van der Waals surface area contributed by atoms with Crippen molar-refractivity contribution in [2.75, 3.05) is 26.7 Å². The summed E-state index contributed by atoms with van der Waals surface area (Å²) in [6.45, 7) is 4.82. The number of terminal acetylenes is 1. The van der Waals surface area contributed by atoms with Gasteiger partial charge in [0.05, 0.1) is 13.1 Å².